The summed E-state index contributed by atoms with van der Waals surface area (Å²) in [6.07, 6.45) is 4.11. The van der Waals surface area contributed by atoms with E-state index in [0.29, 0.717) is 24.4 Å². The Morgan fingerprint density at radius 2 is 1.97 bits per heavy atom. The van der Waals surface area contributed by atoms with E-state index in [9.17, 15) is 9.59 Å². The van der Waals surface area contributed by atoms with Crippen LogP contribution in [-0.2, 0) is 17.8 Å². The van der Waals surface area contributed by atoms with Gasteiger partial charge >= 0.3 is 0 Å². The van der Waals surface area contributed by atoms with Gasteiger partial charge in [0.25, 0.3) is 5.91 Å². The van der Waals surface area contributed by atoms with Crippen molar-refractivity contribution in [3.05, 3.63) is 59.2 Å². The monoisotopic (exact) mass is 420 g/mol. The van der Waals surface area contributed by atoms with Gasteiger partial charge in [-0.05, 0) is 31.9 Å². The first-order chi connectivity index (χ1) is 15.1. The SMILES string of the molecule is Cc1occc1C(=O)NC1CCN(CC(=O)N2CCc3[nH]c4ccccc4c3C2)CC1. The van der Waals surface area contributed by atoms with Crippen LogP contribution in [0.3, 0.4) is 0 Å². The first-order valence-electron chi connectivity index (χ1n) is 11.0. The lowest BCUT2D eigenvalue weighted by Gasteiger charge is -2.34. The number of hydrogen-bond donors (Lipinski definition) is 2. The van der Waals surface area contributed by atoms with Gasteiger partial charge in [-0.2, -0.15) is 0 Å². The van der Waals surface area contributed by atoms with Crippen molar-refractivity contribution in [2.45, 2.75) is 38.8 Å². The summed E-state index contributed by atoms with van der Waals surface area (Å²) in [5, 5.41) is 4.32. The van der Waals surface area contributed by atoms with Crippen LogP contribution in [0.15, 0.2) is 41.0 Å². The number of para-hydroxylation sites is 1. The topological polar surface area (TPSA) is 81.6 Å². The Balaban J connectivity index is 1.14. The number of benzene rings is 1. The molecule has 1 fully saturated rings. The summed E-state index contributed by atoms with van der Waals surface area (Å²) in [6, 6.07) is 10.1. The van der Waals surface area contributed by atoms with Crippen LogP contribution in [0.5, 0.6) is 0 Å². The van der Waals surface area contributed by atoms with Gasteiger partial charge in [0.1, 0.15) is 5.76 Å². The van der Waals surface area contributed by atoms with Crippen molar-refractivity contribution in [1.82, 2.24) is 20.1 Å². The molecule has 0 bridgehead atoms. The van der Waals surface area contributed by atoms with Gasteiger partial charge < -0.3 is 19.6 Å². The normalized spacial score (nSPS) is 17.6. The van der Waals surface area contributed by atoms with Crippen LogP contribution in [0.2, 0.25) is 0 Å². The number of hydrogen-bond acceptors (Lipinski definition) is 4. The Kier molecular flexibility index (Phi) is 5.28. The molecule has 0 unspecified atom stereocenters. The number of carbonyl (C=O) groups excluding carboxylic acids is 2. The molecule has 1 aromatic carbocycles. The fourth-order valence-electron chi connectivity index (χ4n) is 4.79. The van der Waals surface area contributed by atoms with Crippen molar-refractivity contribution in [3.8, 4) is 0 Å². The van der Waals surface area contributed by atoms with E-state index >= 15 is 0 Å². The number of nitrogens with one attached hydrogen (secondary N) is 2. The molecule has 0 atom stereocenters. The molecule has 3 aromatic rings. The van der Waals surface area contributed by atoms with Crippen LogP contribution in [0.25, 0.3) is 10.9 Å². The summed E-state index contributed by atoms with van der Waals surface area (Å²) in [6.45, 7) is 5.30. The lowest BCUT2D eigenvalue weighted by molar-refractivity contribution is -0.133. The van der Waals surface area contributed by atoms with Gasteiger partial charge in [0.2, 0.25) is 5.91 Å². The fraction of sp³-hybridized carbons (Fsp3) is 0.417. The maximum atomic E-state index is 13.0. The van der Waals surface area contributed by atoms with Gasteiger partial charge in [-0.25, -0.2) is 0 Å². The second-order valence-electron chi connectivity index (χ2n) is 8.61. The van der Waals surface area contributed by atoms with Crippen molar-refractivity contribution in [3.63, 3.8) is 0 Å². The Morgan fingerprint density at radius 1 is 1.16 bits per heavy atom. The number of likely N-dealkylation sites (tertiary alicyclic amines) is 1. The molecule has 2 aliphatic rings. The molecule has 2 aliphatic heterocycles. The Morgan fingerprint density at radius 3 is 2.74 bits per heavy atom. The molecule has 0 aliphatic carbocycles. The van der Waals surface area contributed by atoms with E-state index in [1.165, 1.54) is 22.9 Å². The molecule has 2 N–H and O–H groups in total. The molecule has 31 heavy (non-hydrogen) atoms. The lowest BCUT2D eigenvalue weighted by atomic mass is 10.0. The molecule has 1 saturated heterocycles. The molecule has 162 valence electrons. The number of fused-ring (bicyclic) bond motifs is 3. The van der Waals surface area contributed by atoms with Gasteiger partial charge in [-0.1, -0.05) is 18.2 Å². The van der Waals surface area contributed by atoms with Crippen LogP contribution < -0.4 is 5.32 Å². The van der Waals surface area contributed by atoms with Gasteiger partial charge in [0.05, 0.1) is 18.4 Å². The van der Waals surface area contributed by atoms with E-state index in [1.54, 1.807) is 13.0 Å². The molecule has 0 radical (unpaired) electrons. The highest BCUT2D eigenvalue weighted by atomic mass is 16.3. The summed E-state index contributed by atoms with van der Waals surface area (Å²) < 4.78 is 5.22. The average Bonchev–Trinajstić information content (AvgIpc) is 3.38. The number of aryl methyl sites for hydroxylation is 1. The van der Waals surface area contributed by atoms with Gasteiger partial charge in [0, 0.05) is 60.8 Å². The Bertz CT molecular complexity index is 1110. The van der Waals surface area contributed by atoms with Gasteiger partial charge in [0.15, 0.2) is 0 Å². The second-order valence-corrected chi connectivity index (χ2v) is 8.61. The standard InChI is InChI=1S/C24H28N4O3/c1-16-18(9-13-31-16)24(30)25-17-6-10-27(11-7-17)15-23(29)28-12-8-22-20(14-28)19-4-2-3-5-21(19)26-22/h2-5,9,13,17,26H,6-8,10-12,14-15H2,1H3,(H,25,30). The highest BCUT2D eigenvalue weighted by molar-refractivity contribution is 5.95. The minimum atomic E-state index is -0.0800. The number of nitrogens with zero attached hydrogens (tertiary/aromatic N) is 2. The minimum Gasteiger partial charge on any atom is -0.469 e. The highest BCUT2D eigenvalue weighted by Gasteiger charge is 2.27. The number of carbonyl (C=O) groups is 2. The van der Waals surface area contributed by atoms with E-state index in [2.05, 4.69) is 27.3 Å². The van der Waals surface area contributed by atoms with E-state index in [-0.39, 0.29) is 17.9 Å². The molecule has 2 aromatic heterocycles. The van der Waals surface area contributed by atoms with Crippen molar-refractivity contribution in [1.29, 1.82) is 0 Å². The molecule has 0 saturated carbocycles. The molecule has 7 heteroatoms. The van der Waals surface area contributed by atoms with E-state index in [1.807, 2.05) is 17.0 Å². The number of piperidine rings is 1. The maximum Gasteiger partial charge on any atom is 0.255 e. The van der Waals surface area contributed by atoms with Crippen molar-refractivity contribution in [2.24, 2.45) is 0 Å². The number of rotatable bonds is 4. The zero-order valence-corrected chi connectivity index (χ0v) is 17.8. The quantitative estimate of drug-likeness (QED) is 0.680. The van der Waals surface area contributed by atoms with E-state index < -0.39 is 0 Å². The number of H-pyrrole nitrogens is 1. The predicted molar refractivity (Wildman–Crippen MR) is 118 cm³/mol. The largest absolute Gasteiger partial charge is 0.469 e. The van der Waals surface area contributed by atoms with E-state index in [0.717, 1.165) is 44.4 Å². The molecule has 5 rings (SSSR count). The van der Waals surface area contributed by atoms with Crippen molar-refractivity contribution in [2.75, 3.05) is 26.2 Å². The molecule has 7 nitrogen and oxygen atoms in total. The number of aromatic amines is 1. The minimum absolute atomic E-state index is 0.0800. The summed E-state index contributed by atoms with van der Waals surface area (Å²) in [5.41, 5.74) is 4.26. The molecular formula is C24H28N4O3. The molecule has 4 heterocycles. The second kappa shape index (κ2) is 8.23. The highest BCUT2D eigenvalue weighted by Crippen LogP contribution is 2.27. The summed E-state index contributed by atoms with van der Waals surface area (Å²) >= 11 is 0. The Labute approximate surface area is 181 Å². The molecule has 2 amide bonds. The van der Waals surface area contributed by atoms with Crippen LogP contribution in [0, 0.1) is 6.92 Å². The van der Waals surface area contributed by atoms with Crippen LogP contribution in [0.4, 0.5) is 0 Å². The lowest BCUT2D eigenvalue weighted by Crippen LogP contribution is -2.48. The third kappa shape index (κ3) is 3.97. The third-order valence-electron chi connectivity index (χ3n) is 6.62. The number of aromatic nitrogens is 1. The first kappa shape index (κ1) is 19.9. The third-order valence-corrected chi connectivity index (χ3v) is 6.62. The smallest absolute Gasteiger partial charge is 0.255 e. The summed E-state index contributed by atoms with van der Waals surface area (Å²) in [7, 11) is 0. The number of amides is 2. The van der Waals surface area contributed by atoms with Gasteiger partial charge in [-0.3, -0.25) is 14.5 Å². The predicted octanol–water partition coefficient (Wildman–Crippen LogP) is 2.85. The van der Waals surface area contributed by atoms with E-state index in [4.69, 9.17) is 4.42 Å². The average molecular weight is 421 g/mol. The fourth-order valence-corrected chi connectivity index (χ4v) is 4.79. The number of furan rings is 1. The van der Waals surface area contributed by atoms with Crippen LogP contribution in [-0.4, -0.2) is 58.8 Å². The first-order valence-corrected chi connectivity index (χ1v) is 11.0. The molecule has 0 spiro atoms. The van der Waals surface area contributed by atoms with Crippen LogP contribution >= 0.6 is 0 Å². The maximum absolute atomic E-state index is 13.0. The van der Waals surface area contributed by atoms with Crippen LogP contribution in [0.1, 0.15) is 40.2 Å². The van der Waals surface area contributed by atoms with Crippen molar-refractivity contribution >= 4 is 22.7 Å². The van der Waals surface area contributed by atoms with Gasteiger partial charge in [-0.15, -0.1) is 0 Å². The zero-order valence-electron chi connectivity index (χ0n) is 17.8. The summed E-state index contributed by atoms with van der Waals surface area (Å²) in [5.74, 6) is 0.747. The zero-order chi connectivity index (χ0) is 21.4. The Hall–Kier alpha value is -3.06. The summed E-state index contributed by atoms with van der Waals surface area (Å²) in [4.78, 5) is 33.1. The van der Waals surface area contributed by atoms with Crippen molar-refractivity contribution < 1.29 is 14.0 Å². The molecular weight excluding hydrogens is 392 g/mol.